The molecule has 2 unspecified atom stereocenters. The van der Waals surface area contributed by atoms with E-state index in [9.17, 15) is 4.39 Å². The van der Waals surface area contributed by atoms with Gasteiger partial charge in [-0.3, -0.25) is 0 Å². The second-order valence-electron chi connectivity index (χ2n) is 4.78. The summed E-state index contributed by atoms with van der Waals surface area (Å²) in [6.07, 6.45) is 2.56. The van der Waals surface area contributed by atoms with Gasteiger partial charge in [0.15, 0.2) is 0 Å². The van der Waals surface area contributed by atoms with E-state index in [4.69, 9.17) is 5.73 Å². The van der Waals surface area contributed by atoms with Gasteiger partial charge in [-0.1, -0.05) is 13.0 Å². The van der Waals surface area contributed by atoms with Gasteiger partial charge in [0.25, 0.3) is 0 Å². The minimum Gasteiger partial charge on any atom is -0.324 e. The third-order valence-corrected chi connectivity index (χ3v) is 3.38. The number of hydrogen-bond donors (Lipinski definition) is 1. The van der Waals surface area contributed by atoms with Crippen LogP contribution in [0.1, 0.15) is 36.9 Å². The van der Waals surface area contributed by atoms with Crippen molar-refractivity contribution < 1.29 is 4.39 Å². The first-order valence-corrected chi connectivity index (χ1v) is 5.60. The summed E-state index contributed by atoms with van der Waals surface area (Å²) in [5, 5.41) is 0. The van der Waals surface area contributed by atoms with Gasteiger partial charge in [0.05, 0.1) is 0 Å². The van der Waals surface area contributed by atoms with E-state index in [1.54, 1.807) is 6.07 Å². The topological polar surface area (TPSA) is 26.0 Å². The molecule has 1 nitrogen and oxygen atoms in total. The van der Waals surface area contributed by atoms with Crippen LogP contribution >= 0.6 is 0 Å². The summed E-state index contributed by atoms with van der Waals surface area (Å²) in [6.45, 7) is 4.07. The van der Waals surface area contributed by atoms with Gasteiger partial charge in [-0.25, -0.2) is 4.39 Å². The quantitative estimate of drug-likeness (QED) is 0.809. The number of benzene rings is 1. The number of aryl methyl sites for hydroxylation is 1. The molecule has 0 saturated heterocycles. The molecule has 0 amide bonds. The molecule has 82 valence electrons. The summed E-state index contributed by atoms with van der Waals surface area (Å²) >= 11 is 0. The predicted octanol–water partition coefficient (Wildman–Crippen LogP) is 3.18. The average molecular weight is 207 g/mol. The third-order valence-electron chi connectivity index (χ3n) is 3.38. The molecule has 1 aliphatic rings. The van der Waals surface area contributed by atoms with Gasteiger partial charge in [0.2, 0.25) is 0 Å². The third kappa shape index (κ3) is 2.37. The Labute approximate surface area is 90.5 Å². The zero-order chi connectivity index (χ0) is 11.0. The molecule has 2 rings (SSSR count). The normalized spacial score (nSPS) is 20.0. The molecule has 0 bridgehead atoms. The molecule has 0 heterocycles. The van der Waals surface area contributed by atoms with Gasteiger partial charge in [-0.15, -0.1) is 0 Å². The monoisotopic (exact) mass is 207 g/mol. The van der Waals surface area contributed by atoms with Crippen molar-refractivity contribution in [3.63, 3.8) is 0 Å². The highest BCUT2D eigenvalue weighted by Crippen LogP contribution is 2.41. The van der Waals surface area contributed by atoms with Crippen LogP contribution in [0, 0.1) is 24.6 Å². The lowest BCUT2D eigenvalue weighted by atomic mass is 9.91. The molecule has 15 heavy (non-hydrogen) atoms. The molecule has 0 aliphatic heterocycles. The molecule has 2 atom stereocenters. The Morgan fingerprint density at radius 2 is 2.00 bits per heavy atom. The van der Waals surface area contributed by atoms with Gasteiger partial charge in [0, 0.05) is 6.04 Å². The van der Waals surface area contributed by atoms with Crippen molar-refractivity contribution in [3.05, 3.63) is 35.1 Å². The standard InChI is InChI=1S/C13H18FN/c1-8-5-11(7-12(14)6-8)13(15)9(2)10-3-4-10/h5-7,9-10,13H,3-4,15H2,1-2H3. The van der Waals surface area contributed by atoms with E-state index in [1.165, 1.54) is 18.9 Å². The van der Waals surface area contributed by atoms with Crippen LogP contribution in [0.5, 0.6) is 0 Å². The van der Waals surface area contributed by atoms with Crippen molar-refractivity contribution in [3.8, 4) is 0 Å². The largest absolute Gasteiger partial charge is 0.324 e. The van der Waals surface area contributed by atoms with E-state index >= 15 is 0 Å². The molecule has 1 saturated carbocycles. The summed E-state index contributed by atoms with van der Waals surface area (Å²) in [5.74, 6) is 1.04. The predicted molar refractivity (Wildman–Crippen MR) is 60.0 cm³/mol. The zero-order valence-corrected chi connectivity index (χ0v) is 9.33. The van der Waals surface area contributed by atoms with E-state index in [1.807, 2.05) is 13.0 Å². The molecule has 0 radical (unpaired) electrons. The Balaban J connectivity index is 2.19. The van der Waals surface area contributed by atoms with Crippen molar-refractivity contribution in [2.24, 2.45) is 17.6 Å². The van der Waals surface area contributed by atoms with E-state index < -0.39 is 0 Å². The fraction of sp³-hybridized carbons (Fsp3) is 0.538. The summed E-state index contributed by atoms with van der Waals surface area (Å²) in [6, 6.07) is 5.08. The maximum atomic E-state index is 13.2. The van der Waals surface area contributed by atoms with Gasteiger partial charge < -0.3 is 5.73 Å². The van der Waals surface area contributed by atoms with Crippen LogP contribution in [0.25, 0.3) is 0 Å². The molecule has 0 aromatic heterocycles. The fourth-order valence-electron chi connectivity index (χ4n) is 2.18. The number of halogens is 1. The maximum Gasteiger partial charge on any atom is 0.123 e. The smallest absolute Gasteiger partial charge is 0.123 e. The first-order valence-electron chi connectivity index (χ1n) is 5.60. The van der Waals surface area contributed by atoms with Gasteiger partial charge in [-0.05, 0) is 54.9 Å². The lowest BCUT2D eigenvalue weighted by Gasteiger charge is -2.20. The minimum atomic E-state index is -0.177. The Hall–Kier alpha value is -0.890. The van der Waals surface area contributed by atoms with E-state index in [-0.39, 0.29) is 11.9 Å². The van der Waals surface area contributed by atoms with Crippen molar-refractivity contribution in [1.29, 1.82) is 0 Å². The highest BCUT2D eigenvalue weighted by molar-refractivity contribution is 5.26. The molecular weight excluding hydrogens is 189 g/mol. The van der Waals surface area contributed by atoms with Crippen molar-refractivity contribution in [1.82, 2.24) is 0 Å². The number of nitrogens with two attached hydrogens (primary N) is 1. The first kappa shape index (κ1) is 10.6. The summed E-state index contributed by atoms with van der Waals surface area (Å²) < 4.78 is 13.2. The molecule has 1 aromatic rings. The summed E-state index contributed by atoms with van der Waals surface area (Å²) in [5.41, 5.74) is 8.04. The number of hydrogen-bond acceptors (Lipinski definition) is 1. The van der Waals surface area contributed by atoms with Gasteiger partial charge in [0.1, 0.15) is 5.82 Å². The van der Waals surface area contributed by atoms with E-state index in [2.05, 4.69) is 6.92 Å². The van der Waals surface area contributed by atoms with Crippen molar-refractivity contribution in [2.45, 2.75) is 32.7 Å². The molecule has 1 aliphatic carbocycles. The second kappa shape index (κ2) is 3.93. The highest BCUT2D eigenvalue weighted by Gasteiger charge is 2.32. The van der Waals surface area contributed by atoms with Crippen LogP contribution in [0.15, 0.2) is 18.2 Å². The van der Waals surface area contributed by atoms with Crippen LogP contribution in [-0.4, -0.2) is 0 Å². The van der Waals surface area contributed by atoms with Crippen molar-refractivity contribution in [2.75, 3.05) is 0 Å². The Kier molecular flexibility index (Phi) is 2.79. The van der Waals surface area contributed by atoms with Gasteiger partial charge in [-0.2, -0.15) is 0 Å². The summed E-state index contributed by atoms with van der Waals surface area (Å²) in [7, 11) is 0. The highest BCUT2D eigenvalue weighted by atomic mass is 19.1. The lowest BCUT2D eigenvalue weighted by molar-refractivity contribution is 0.416. The number of rotatable bonds is 3. The molecule has 0 spiro atoms. The van der Waals surface area contributed by atoms with Crippen LogP contribution < -0.4 is 5.73 Å². The summed E-state index contributed by atoms with van der Waals surface area (Å²) in [4.78, 5) is 0. The Morgan fingerprint density at radius 1 is 1.33 bits per heavy atom. The Morgan fingerprint density at radius 3 is 2.53 bits per heavy atom. The van der Waals surface area contributed by atoms with Crippen LogP contribution in [0.2, 0.25) is 0 Å². The average Bonchev–Trinajstić information content (AvgIpc) is 2.97. The zero-order valence-electron chi connectivity index (χ0n) is 9.33. The van der Waals surface area contributed by atoms with E-state index in [0.717, 1.165) is 17.0 Å². The molecule has 2 heteroatoms. The maximum absolute atomic E-state index is 13.2. The molecule has 1 fully saturated rings. The van der Waals surface area contributed by atoms with Gasteiger partial charge >= 0.3 is 0 Å². The SMILES string of the molecule is Cc1cc(F)cc(C(N)C(C)C2CC2)c1. The Bertz CT molecular complexity index is 337. The lowest BCUT2D eigenvalue weighted by Crippen LogP contribution is -2.20. The van der Waals surface area contributed by atoms with E-state index in [0.29, 0.717) is 5.92 Å². The second-order valence-corrected chi connectivity index (χ2v) is 4.78. The molecule has 1 aromatic carbocycles. The van der Waals surface area contributed by atoms with Crippen molar-refractivity contribution >= 4 is 0 Å². The van der Waals surface area contributed by atoms with Crippen LogP contribution in [0.3, 0.4) is 0 Å². The minimum absolute atomic E-state index is 0.0214. The fourth-order valence-corrected chi connectivity index (χ4v) is 2.18. The molecule has 2 N–H and O–H groups in total. The van der Waals surface area contributed by atoms with Crippen LogP contribution in [-0.2, 0) is 0 Å². The van der Waals surface area contributed by atoms with Crippen LogP contribution in [0.4, 0.5) is 4.39 Å². The molecular formula is C13H18FN. The first-order chi connectivity index (χ1) is 7.08.